The summed E-state index contributed by atoms with van der Waals surface area (Å²) in [6, 6.07) is 0. The first-order chi connectivity index (χ1) is 8.13. The van der Waals surface area contributed by atoms with Crippen LogP contribution in [0.4, 0.5) is 5.82 Å². The molecule has 0 aromatic carbocycles. The van der Waals surface area contributed by atoms with Crippen LogP contribution in [0.15, 0.2) is 0 Å². The first-order valence-corrected chi connectivity index (χ1v) is 5.81. The third-order valence-electron chi connectivity index (χ3n) is 2.75. The standard InChI is InChI=1S/C11H19N5O/c1-7(2)4-5-16-11-9(10(12)13-14-11)8(15-16)6-17-3/h7H,4-6H2,1-3H3,(H3,12,13,14). The number of nitrogens with two attached hydrogens (primary N) is 1. The molecule has 0 atom stereocenters. The van der Waals surface area contributed by atoms with Gasteiger partial charge in [-0.1, -0.05) is 13.8 Å². The van der Waals surface area contributed by atoms with E-state index in [0.29, 0.717) is 18.3 Å². The van der Waals surface area contributed by atoms with Crippen LogP contribution in [0.1, 0.15) is 26.0 Å². The second kappa shape index (κ2) is 4.75. The summed E-state index contributed by atoms with van der Waals surface area (Å²) in [4.78, 5) is 0. The smallest absolute Gasteiger partial charge is 0.182 e. The zero-order valence-electron chi connectivity index (χ0n) is 10.5. The Labute approximate surface area is 100 Å². The molecule has 2 aromatic rings. The van der Waals surface area contributed by atoms with Gasteiger partial charge in [0.05, 0.1) is 12.0 Å². The zero-order valence-corrected chi connectivity index (χ0v) is 10.5. The van der Waals surface area contributed by atoms with Gasteiger partial charge in [0.25, 0.3) is 0 Å². The van der Waals surface area contributed by atoms with E-state index in [2.05, 4.69) is 29.1 Å². The van der Waals surface area contributed by atoms with Crippen LogP contribution in [0.2, 0.25) is 0 Å². The number of rotatable bonds is 5. The van der Waals surface area contributed by atoms with Crippen molar-refractivity contribution < 1.29 is 4.74 Å². The highest BCUT2D eigenvalue weighted by atomic mass is 16.5. The number of aryl methyl sites for hydroxylation is 1. The van der Waals surface area contributed by atoms with Crippen molar-refractivity contribution in [2.75, 3.05) is 12.8 Å². The minimum Gasteiger partial charge on any atom is -0.383 e. The Hall–Kier alpha value is -1.56. The fraction of sp³-hybridized carbons (Fsp3) is 0.636. The van der Waals surface area contributed by atoms with Crippen LogP contribution in [0, 0.1) is 5.92 Å². The number of aromatic amines is 1. The Balaban J connectivity index is 2.35. The van der Waals surface area contributed by atoms with E-state index in [4.69, 9.17) is 10.5 Å². The molecule has 0 aliphatic heterocycles. The predicted octanol–water partition coefficient (Wildman–Crippen LogP) is 1.53. The number of hydrogen-bond acceptors (Lipinski definition) is 4. The summed E-state index contributed by atoms with van der Waals surface area (Å²) in [5.74, 6) is 1.19. The first kappa shape index (κ1) is 11.9. The van der Waals surface area contributed by atoms with E-state index in [1.54, 1.807) is 7.11 Å². The summed E-state index contributed by atoms with van der Waals surface area (Å²) in [6.07, 6.45) is 1.07. The van der Waals surface area contributed by atoms with Gasteiger partial charge in [-0.2, -0.15) is 10.2 Å². The van der Waals surface area contributed by atoms with Crippen LogP contribution in [-0.2, 0) is 17.9 Å². The predicted molar refractivity (Wildman–Crippen MR) is 66.5 cm³/mol. The molecule has 0 fully saturated rings. The Bertz CT molecular complexity index is 499. The maximum atomic E-state index is 5.85. The van der Waals surface area contributed by atoms with Crippen molar-refractivity contribution in [1.82, 2.24) is 20.0 Å². The van der Waals surface area contributed by atoms with Gasteiger partial charge in [-0.15, -0.1) is 0 Å². The summed E-state index contributed by atoms with van der Waals surface area (Å²) in [7, 11) is 1.65. The number of nitrogens with zero attached hydrogens (tertiary/aromatic N) is 3. The third-order valence-corrected chi connectivity index (χ3v) is 2.75. The lowest BCUT2D eigenvalue weighted by molar-refractivity contribution is 0.181. The molecule has 0 saturated heterocycles. The van der Waals surface area contributed by atoms with Gasteiger partial charge >= 0.3 is 0 Å². The van der Waals surface area contributed by atoms with E-state index < -0.39 is 0 Å². The zero-order chi connectivity index (χ0) is 12.4. The normalized spacial score (nSPS) is 11.8. The largest absolute Gasteiger partial charge is 0.383 e. The van der Waals surface area contributed by atoms with E-state index in [-0.39, 0.29) is 0 Å². The molecule has 0 bridgehead atoms. The lowest BCUT2D eigenvalue weighted by atomic mass is 10.1. The third kappa shape index (κ3) is 2.26. The fourth-order valence-corrected chi connectivity index (χ4v) is 1.83. The summed E-state index contributed by atoms with van der Waals surface area (Å²) in [5.41, 5.74) is 7.51. The minimum absolute atomic E-state index is 0.453. The van der Waals surface area contributed by atoms with Crippen molar-refractivity contribution in [3.05, 3.63) is 5.69 Å². The van der Waals surface area contributed by atoms with Crippen molar-refractivity contribution in [2.45, 2.75) is 33.4 Å². The number of methoxy groups -OCH3 is 1. The van der Waals surface area contributed by atoms with Crippen molar-refractivity contribution in [1.29, 1.82) is 0 Å². The van der Waals surface area contributed by atoms with Gasteiger partial charge in [0.15, 0.2) is 5.65 Å². The van der Waals surface area contributed by atoms with Crippen LogP contribution < -0.4 is 5.73 Å². The number of ether oxygens (including phenoxy) is 1. The van der Waals surface area contributed by atoms with Crippen LogP contribution in [0.5, 0.6) is 0 Å². The van der Waals surface area contributed by atoms with Crippen molar-refractivity contribution >= 4 is 16.9 Å². The molecule has 94 valence electrons. The molecule has 2 aromatic heterocycles. The SMILES string of the molecule is COCc1nn(CCC(C)C)c2n[nH]c(N)c12. The second-order valence-corrected chi connectivity index (χ2v) is 4.62. The van der Waals surface area contributed by atoms with Gasteiger partial charge in [-0.3, -0.25) is 5.10 Å². The molecule has 0 amide bonds. The van der Waals surface area contributed by atoms with Crippen LogP contribution >= 0.6 is 0 Å². The quantitative estimate of drug-likeness (QED) is 0.826. The van der Waals surface area contributed by atoms with Gasteiger partial charge in [-0.25, -0.2) is 4.68 Å². The Morgan fingerprint density at radius 3 is 2.88 bits per heavy atom. The minimum atomic E-state index is 0.453. The summed E-state index contributed by atoms with van der Waals surface area (Å²) >= 11 is 0. The molecule has 0 radical (unpaired) electrons. The number of fused-ring (bicyclic) bond motifs is 1. The molecule has 2 heterocycles. The van der Waals surface area contributed by atoms with Crippen molar-refractivity contribution in [3.8, 4) is 0 Å². The van der Waals surface area contributed by atoms with Crippen molar-refractivity contribution in [2.24, 2.45) is 5.92 Å². The Kier molecular flexibility index (Phi) is 3.33. The lowest BCUT2D eigenvalue weighted by Gasteiger charge is -2.04. The van der Waals surface area contributed by atoms with Gasteiger partial charge in [0.1, 0.15) is 11.5 Å². The van der Waals surface area contributed by atoms with Crippen LogP contribution in [0.25, 0.3) is 11.0 Å². The van der Waals surface area contributed by atoms with Gasteiger partial charge in [0.2, 0.25) is 0 Å². The summed E-state index contributed by atoms with van der Waals surface area (Å²) in [5, 5.41) is 12.4. The van der Waals surface area contributed by atoms with E-state index in [1.165, 1.54) is 0 Å². The number of anilines is 1. The number of nitrogens with one attached hydrogen (secondary N) is 1. The molecule has 2 rings (SSSR count). The van der Waals surface area contributed by atoms with Gasteiger partial charge in [-0.05, 0) is 12.3 Å². The van der Waals surface area contributed by atoms with E-state index >= 15 is 0 Å². The molecule has 0 spiro atoms. The highest BCUT2D eigenvalue weighted by Gasteiger charge is 2.16. The maximum absolute atomic E-state index is 5.85. The molecule has 0 saturated carbocycles. The highest BCUT2D eigenvalue weighted by molar-refractivity contribution is 5.88. The molecule has 0 aliphatic rings. The maximum Gasteiger partial charge on any atom is 0.182 e. The van der Waals surface area contributed by atoms with Crippen molar-refractivity contribution in [3.63, 3.8) is 0 Å². The average molecular weight is 237 g/mol. The number of aromatic nitrogens is 4. The Morgan fingerprint density at radius 1 is 1.47 bits per heavy atom. The first-order valence-electron chi connectivity index (χ1n) is 5.81. The van der Waals surface area contributed by atoms with Gasteiger partial charge in [0, 0.05) is 13.7 Å². The second-order valence-electron chi connectivity index (χ2n) is 4.62. The molecular formula is C11H19N5O. The number of H-pyrrole nitrogens is 1. The fourth-order valence-electron chi connectivity index (χ4n) is 1.83. The van der Waals surface area contributed by atoms with E-state index in [0.717, 1.165) is 29.7 Å². The van der Waals surface area contributed by atoms with E-state index in [1.807, 2.05) is 4.68 Å². The van der Waals surface area contributed by atoms with Gasteiger partial charge < -0.3 is 10.5 Å². The molecule has 17 heavy (non-hydrogen) atoms. The van der Waals surface area contributed by atoms with Crippen LogP contribution in [-0.4, -0.2) is 27.1 Å². The average Bonchev–Trinajstić information content (AvgIpc) is 2.79. The molecule has 6 nitrogen and oxygen atoms in total. The molecule has 0 unspecified atom stereocenters. The summed E-state index contributed by atoms with van der Waals surface area (Å²) < 4.78 is 7.03. The van der Waals surface area contributed by atoms with E-state index in [9.17, 15) is 0 Å². The number of nitrogen functional groups attached to an aromatic ring is 1. The van der Waals surface area contributed by atoms with Crippen LogP contribution in [0.3, 0.4) is 0 Å². The molecular weight excluding hydrogens is 218 g/mol. The lowest BCUT2D eigenvalue weighted by Crippen LogP contribution is -2.04. The molecule has 6 heteroatoms. The summed E-state index contributed by atoms with van der Waals surface area (Å²) in [6.45, 7) is 5.68. The monoisotopic (exact) mass is 237 g/mol. The molecule has 3 N–H and O–H groups in total. The topological polar surface area (TPSA) is 81.8 Å². The number of hydrogen-bond donors (Lipinski definition) is 2. The Morgan fingerprint density at radius 2 is 2.24 bits per heavy atom. The molecule has 0 aliphatic carbocycles. The highest BCUT2D eigenvalue weighted by Crippen LogP contribution is 2.23.